The number of alkyl halides is 2. The van der Waals surface area contributed by atoms with E-state index in [0.29, 0.717) is 25.9 Å². The molecule has 1 amide bonds. The molecule has 110 valence electrons. The Morgan fingerprint density at radius 2 is 2.16 bits per heavy atom. The lowest BCUT2D eigenvalue weighted by atomic mass is 9.77. The van der Waals surface area contributed by atoms with E-state index in [4.69, 9.17) is 4.74 Å². The Balaban J connectivity index is 2.14. The molecule has 2 unspecified atom stereocenters. The number of likely N-dealkylation sites (tertiary alicyclic amines) is 1. The summed E-state index contributed by atoms with van der Waals surface area (Å²) in [6.07, 6.45) is -2.00. The van der Waals surface area contributed by atoms with Crippen molar-refractivity contribution in [3.63, 3.8) is 0 Å². The summed E-state index contributed by atoms with van der Waals surface area (Å²) < 4.78 is 32.2. The molecule has 1 N–H and O–H groups in total. The van der Waals surface area contributed by atoms with Gasteiger partial charge in [-0.2, -0.15) is 0 Å². The first-order valence-electron chi connectivity index (χ1n) is 6.75. The molecule has 2 heterocycles. The van der Waals surface area contributed by atoms with Crippen LogP contribution in [-0.2, 0) is 4.74 Å². The number of nitrogens with zero attached hydrogens (tertiary/aromatic N) is 1. The van der Waals surface area contributed by atoms with Crippen LogP contribution in [0.4, 0.5) is 13.6 Å². The average molecular weight is 276 g/mol. The fourth-order valence-corrected chi connectivity index (χ4v) is 3.04. The third-order valence-electron chi connectivity index (χ3n) is 3.97. The average Bonchev–Trinajstić information content (AvgIpc) is 2.67. The summed E-state index contributed by atoms with van der Waals surface area (Å²) in [6, 6.07) is -0.413. The molecule has 0 spiro atoms. The maximum absolute atomic E-state index is 13.4. The van der Waals surface area contributed by atoms with E-state index >= 15 is 0 Å². The van der Waals surface area contributed by atoms with Gasteiger partial charge < -0.3 is 15.0 Å². The molecule has 6 heteroatoms. The molecule has 4 nitrogen and oxygen atoms in total. The van der Waals surface area contributed by atoms with Gasteiger partial charge in [-0.1, -0.05) is 0 Å². The van der Waals surface area contributed by atoms with Crippen LogP contribution in [0, 0.1) is 5.41 Å². The fraction of sp³-hybridized carbons (Fsp3) is 0.923. The maximum Gasteiger partial charge on any atom is 0.410 e. The van der Waals surface area contributed by atoms with E-state index < -0.39 is 29.6 Å². The highest BCUT2D eigenvalue weighted by Crippen LogP contribution is 2.45. The van der Waals surface area contributed by atoms with Crippen molar-refractivity contribution < 1.29 is 18.3 Å². The van der Waals surface area contributed by atoms with Crippen LogP contribution in [0.15, 0.2) is 0 Å². The lowest BCUT2D eigenvalue weighted by Gasteiger charge is -2.41. The number of carbonyl (C=O) groups excluding carboxylic acids is 1. The number of rotatable bonds is 1. The molecular weight excluding hydrogens is 254 g/mol. The van der Waals surface area contributed by atoms with Crippen molar-refractivity contribution in [2.24, 2.45) is 5.41 Å². The minimum Gasteiger partial charge on any atom is -0.444 e. The summed E-state index contributed by atoms with van der Waals surface area (Å²) in [5.41, 5.74) is -1.70. The first-order chi connectivity index (χ1) is 8.76. The number of fused-ring (bicyclic) bond motifs is 1. The van der Waals surface area contributed by atoms with Gasteiger partial charge in [0.05, 0.1) is 5.41 Å². The largest absolute Gasteiger partial charge is 0.444 e. The molecule has 0 radical (unpaired) electrons. The Morgan fingerprint density at radius 1 is 1.47 bits per heavy atom. The van der Waals surface area contributed by atoms with Crippen molar-refractivity contribution in [2.75, 3.05) is 19.6 Å². The highest BCUT2D eigenvalue weighted by atomic mass is 19.3. The Hall–Kier alpha value is -0.910. The highest BCUT2D eigenvalue weighted by molar-refractivity contribution is 5.69. The standard InChI is InChI=1S/C13H22F2N2O2/c1-12(2,3)19-11(18)17-7-5-13(10(14)15)8-16-6-4-9(13)17/h9-10,16H,4-8H2,1-3H3. The van der Waals surface area contributed by atoms with Crippen molar-refractivity contribution in [1.29, 1.82) is 0 Å². The van der Waals surface area contributed by atoms with Gasteiger partial charge in [-0.3, -0.25) is 0 Å². The van der Waals surface area contributed by atoms with Crippen LogP contribution < -0.4 is 5.32 Å². The number of ether oxygens (including phenoxy) is 1. The highest BCUT2D eigenvalue weighted by Gasteiger charge is 2.56. The number of hydrogen-bond acceptors (Lipinski definition) is 3. The Morgan fingerprint density at radius 3 is 2.74 bits per heavy atom. The number of amides is 1. The molecule has 2 saturated heterocycles. The minimum atomic E-state index is -2.42. The van der Waals surface area contributed by atoms with Gasteiger partial charge in [0, 0.05) is 19.1 Å². The molecular formula is C13H22F2N2O2. The second kappa shape index (κ2) is 4.89. The van der Waals surface area contributed by atoms with Gasteiger partial charge in [-0.05, 0) is 40.2 Å². The molecule has 0 aliphatic carbocycles. The van der Waals surface area contributed by atoms with Crippen LogP contribution in [0.3, 0.4) is 0 Å². The third kappa shape index (κ3) is 2.68. The van der Waals surface area contributed by atoms with E-state index in [2.05, 4.69) is 5.32 Å². The second-order valence-corrected chi connectivity index (χ2v) is 6.44. The van der Waals surface area contributed by atoms with E-state index in [9.17, 15) is 13.6 Å². The van der Waals surface area contributed by atoms with Crippen molar-refractivity contribution in [3.8, 4) is 0 Å². The van der Waals surface area contributed by atoms with Gasteiger partial charge in [0.1, 0.15) is 5.60 Å². The van der Waals surface area contributed by atoms with E-state index in [0.717, 1.165) is 0 Å². The topological polar surface area (TPSA) is 41.6 Å². The van der Waals surface area contributed by atoms with Crippen LogP contribution in [0.1, 0.15) is 33.6 Å². The number of hydrogen-bond donors (Lipinski definition) is 1. The monoisotopic (exact) mass is 276 g/mol. The van der Waals surface area contributed by atoms with Crippen LogP contribution in [0.25, 0.3) is 0 Å². The molecule has 2 aliphatic rings. The Kier molecular flexibility index (Phi) is 3.73. The zero-order valence-electron chi connectivity index (χ0n) is 11.7. The summed E-state index contributed by atoms with van der Waals surface area (Å²) in [5.74, 6) is 0. The first kappa shape index (κ1) is 14.5. The number of carbonyl (C=O) groups is 1. The smallest absolute Gasteiger partial charge is 0.410 e. The van der Waals surface area contributed by atoms with Gasteiger partial charge in [-0.15, -0.1) is 0 Å². The summed E-state index contributed by atoms with van der Waals surface area (Å²) in [5, 5.41) is 3.03. The quantitative estimate of drug-likeness (QED) is 0.798. The fourth-order valence-electron chi connectivity index (χ4n) is 3.04. The van der Waals surface area contributed by atoms with E-state index in [1.165, 1.54) is 4.90 Å². The lowest BCUT2D eigenvalue weighted by molar-refractivity contribution is -0.0465. The van der Waals surface area contributed by atoms with Crippen molar-refractivity contribution >= 4 is 6.09 Å². The van der Waals surface area contributed by atoms with Crippen molar-refractivity contribution in [3.05, 3.63) is 0 Å². The molecule has 0 bridgehead atoms. The molecule has 2 fully saturated rings. The Bertz CT molecular complexity index is 357. The molecule has 0 saturated carbocycles. The van der Waals surface area contributed by atoms with Crippen LogP contribution in [0.5, 0.6) is 0 Å². The van der Waals surface area contributed by atoms with Crippen molar-refractivity contribution in [2.45, 2.75) is 51.7 Å². The van der Waals surface area contributed by atoms with Gasteiger partial charge in [-0.25, -0.2) is 13.6 Å². The molecule has 19 heavy (non-hydrogen) atoms. The molecule has 0 aromatic rings. The molecule has 2 atom stereocenters. The van der Waals surface area contributed by atoms with Gasteiger partial charge in [0.25, 0.3) is 0 Å². The van der Waals surface area contributed by atoms with E-state index in [1.807, 2.05) is 0 Å². The van der Waals surface area contributed by atoms with E-state index in [-0.39, 0.29) is 6.54 Å². The van der Waals surface area contributed by atoms with E-state index in [1.54, 1.807) is 20.8 Å². The van der Waals surface area contributed by atoms with Gasteiger partial charge >= 0.3 is 6.09 Å². The SMILES string of the molecule is CC(C)(C)OC(=O)N1CCC2(C(F)F)CNCCC12. The zero-order valence-corrected chi connectivity index (χ0v) is 11.7. The summed E-state index contributed by atoms with van der Waals surface area (Å²) in [4.78, 5) is 13.6. The normalized spacial score (nSPS) is 31.5. The summed E-state index contributed by atoms with van der Waals surface area (Å²) in [7, 11) is 0. The third-order valence-corrected chi connectivity index (χ3v) is 3.97. The van der Waals surface area contributed by atoms with Gasteiger partial charge in [0.2, 0.25) is 6.43 Å². The van der Waals surface area contributed by atoms with Gasteiger partial charge in [0.15, 0.2) is 0 Å². The summed E-state index contributed by atoms with van der Waals surface area (Å²) >= 11 is 0. The minimum absolute atomic E-state index is 0.272. The molecule has 0 aromatic carbocycles. The maximum atomic E-state index is 13.4. The first-order valence-corrected chi connectivity index (χ1v) is 6.75. The Labute approximate surface area is 112 Å². The zero-order chi connectivity index (χ0) is 14.3. The van der Waals surface area contributed by atoms with Crippen LogP contribution >= 0.6 is 0 Å². The number of piperidine rings is 1. The van der Waals surface area contributed by atoms with Crippen LogP contribution in [0.2, 0.25) is 0 Å². The number of halogens is 2. The molecule has 2 rings (SSSR count). The second-order valence-electron chi connectivity index (χ2n) is 6.44. The van der Waals surface area contributed by atoms with Crippen molar-refractivity contribution in [1.82, 2.24) is 10.2 Å². The predicted molar refractivity (Wildman–Crippen MR) is 67.3 cm³/mol. The van der Waals surface area contributed by atoms with Crippen LogP contribution in [-0.4, -0.2) is 48.7 Å². The summed E-state index contributed by atoms with van der Waals surface area (Å²) in [6.45, 7) is 6.63. The predicted octanol–water partition coefficient (Wildman–Crippen LogP) is 2.24. The lowest BCUT2D eigenvalue weighted by Crippen LogP contribution is -2.56. The molecule has 0 aromatic heterocycles. The number of nitrogens with one attached hydrogen (secondary N) is 1. The molecule has 2 aliphatic heterocycles.